The molecule has 1 aromatic carbocycles. The Hall–Kier alpha value is -1.36. The van der Waals surface area contributed by atoms with Gasteiger partial charge in [-0.05, 0) is 31.9 Å². The summed E-state index contributed by atoms with van der Waals surface area (Å²) in [7, 11) is 0. The van der Waals surface area contributed by atoms with Crippen molar-refractivity contribution in [2.45, 2.75) is 39.2 Å². The Bertz CT molecular complexity index is 474. The van der Waals surface area contributed by atoms with Gasteiger partial charge in [0.15, 0.2) is 0 Å². The van der Waals surface area contributed by atoms with Gasteiger partial charge in [-0.25, -0.2) is 0 Å². The van der Waals surface area contributed by atoms with Crippen molar-refractivity contribution in [1.82, 2.24) is 4.90 Å². The molecular weight excluding hydrogens is 322 g/mol. The van der Waals surface area contributed by atoms with E-state index in [9.17, 15) is 9.59 Å². The molecule has 0 saturated heterocycles. The SMILES string of the molecule is CC(C)N(CCC(=O)O)C(=O)CCc1ccccc1Br. The van der Waals surface area contributed by atoms with Gasteiger partial charge >= 0.3 is 5.97 Å². The minimum Gasteiger partial charge on any atom is -0.481 e. The Kier molecular flexibility index (Phi) is 6.71. The Morgan fingerprint density at radius 2 is 1.90 bits per heavy atom. The highest BCUT2D eigenvalue weighted by Crippen LogP contribution is 2.18. The maximum atomic E-state index is 12.2. The zero-order valence-corrected chi connectivity index (χ0v) is 13.4. The first-order valence-corrected chi connectivity index (χ1v) is 7.45. The first kappa shape index (κ1) is 16.7. The molecule has 0 atom stereocenters. The number of nitrogens with zero attached hydrogens (tertiary/aromatic N) is 1. The van der Waals surface area contributed by atoms with Gasteiger partial charge in [0.25, 0.3) is 0 Å². The second-order valence-electron chi connectivity index (χ2n) is 4.92. The molecule has 110 valence electrons. The molecule has 0 fully saturated rings. The summed E-state index contributed by atoms with van der Waals surface area (Å²) in [6.07, 6.45) is 1.02. The molecule has 1 aromatic rings. The maximum absolute atomic E-state index is 12.2. The Balaban J connectivity index is 2.58. The van der Waals surface area contributed by atoms with Gasteiger partial charge in [0, 0.05) is 23.5 Å². The summed E-state index contributed by atoms with van der Waals surface area (Å²) in [5.41, 5.74) is 1.09. The third-order valence-electron chi connectivity index (χ3n) is 3.08. The number of amides is 1. The normalized spacial score (nSPS) is 10.6. The van der Waals surface area contributed by atoms with Crippen molar-refractivity contribution < 1.29 is 14.7 Å². The van der Waals surface area contributed by atoms with Crippen LogP contribution < -0.4 is 0 Å². The molecule has 0 saturated carbocycles. The van der Waals surface area contributed by atoms with Gasteiger partial charge in [-0.2, -0.15) is 0 Å². The van der Waals surface area contributed by atoms with E-state index in [0.29, 0.717) is 12.8 Å². The monoisotopic (exact) mass is 341 g/mol. The third-order valence-corrected chi connectivity index (χ3v) is 3.85. The van der Waals surface area contributed by atoms with Crippen LogP contribution in [0.4, 0.5) is 0 Å². The van der Waals surface area contributed by atoms with Crippen LogP contribution in [0.3, 0.4) is 0 Å². The summed E-state index contributed by atoms with van der Waals surface area (Å²) >= 11 is 3.46. The number of aliphatic carboxylic acids is 1. The van der Waals surface area contributed by atoms with Crippen LogP contribution in [0.25, 0.3) is 0 Å². The van der Waals surface area contributed by atoms with E-state index in [1.165, 1.54) is 0 Å². The number of hydrogen-bond acceptors (Lipinski definition) is 2. The Labute approximate surface area is 127 Å². The fourth-order valence-electron chi connectivity index (χ4n) is 1.97. The van der Waals surface area contributed by atoms with E-state index < -0.39 is 5.97 Å². The highest BCUT2D eigenvalue weighted by atomic mass is 79.9. The first-order chi connectivity index (χ1) is 9.41. The minimum atomic E-state index is -0.880. The highest BCUT2D eigenvalue weighted by Gasteiger charge is 2.17. The highest BCUT2D eigenvalue weighted by molar-refractivity contribution is 9.10. The summed E-state index contributed by atoms with van der Waals surface area (Å²) in [5.74, 6) is -0.883. The van der Waals surface area contributed by atoms with Gasteiger partial charge < -0.3 is 10.0 Å². The lowest BCUT2D eigenvalue weighted by molar-refractivity contribution is -0.139. The summed E-state index contributed by atoms with van der Waals surface area (Å²) in [4.78, 5) is 24.5. The molecule has 0 unspecified atom stereocenters. The zero-order chi connectivity index (χ0) is 15.1. The average Bonchev–Trinajstić information content (AvgIpc) is 2.37. The summed E-state index contributed by atoms with van der Waals surface area (Å²) in [6.45, 7) is 4.07. The summed E-state index contributed by atoms with van der Waals surface area (Å²) < 4.78 is 0.995. The molecule has 0 aliphatic rings. The van der Waals surface area contributed by atoms with E-state index in [4.69, 9.17) is 5.11 Å². The van der Waals surface area contributed by atoms with Crippen molar-refractivity contribution in [2.75, 3.05) is 6.54 Å². The molecule has 1 rings (SSSR count). The van der Waals surface area contributed by atoms with E-state index in [-0.39, 0.29) is 24.9 Å². The largest absolute Gasteiger partial charge is 0.481 e. The molecule has 4 nitrogen and oxygen atoms in total. The number of carbonyl (C=O) groups is 2. The minimum absolute atomic E-state index is 0.00277. The van der Waals surface area contributed by atoms with Crippen molar-refractivity contribution in [2.24, 2.45) is 0 Å². The average molecular weight is 342 g/mol. The smallest absolute Gasteiger partial charge is 0.305 e. The predicted octanol–water partition coefficient (Wildman–Crippen LogP) is 3.09. The molecular formula is C15H20BrNO3. The molecule has 1 N–H and O–H groups in total. The lowest BCUT2D eigenvalue weighted by atomic mass is 10.1. The number of benzene rings is 1. The number of carboxylic acids is 1. The van der Waals surface area contributed by atoms with Crippen LogP contribution in [0.15, 0.2) is 28.7 Å². The molecule has 0 radical (unpaired) electrons. The Morgan fingerprint density at radius 1 is 1.25 bits per heavy atom. The summed E-state index contributed by atoms with van der Waals surface area (Å²) in [5, 5.41) is 8.73. The second-order valence-corrected chi connectivity index (χ2v) is 5.77. The van der Waals surface area contributed by atoms with Crippen LogP contribution in [0, 0.1) is 0 Å². The Morgan fingerprint density at radius 3 is 2.45 bits per heavy atom. The summed E-state index contributed by atoms with van der Waals surface area (Å²) in [6, 6.07) is 7.82. The number of halogens is 1. The van der Waals surface area contributed by atoms with E-state index in [0.717, 1.165) is 10.0 Å². The fourth-order valence-corrected chi connectivity index (χ4v) is 2.46. The molecule has 0 heterocycles. The second kappa shape index (κ2) is 8.04. The lowest BCUT2D eigenvalue weighted by Gasteiger charge is -2.26. The molecule has 0 bridgehead atoms. The van der Waals surface area contributed by atoms with E-state index >= 15 is 0 Å². The molecule has 20 heavy (non-hydrogen) atoms. The predicted molar refractivity (Wildman–Crippen MR) is 81.6 cm³/mol. The molecule has 1 amide bonds. The standard InChI is InChI=1S/C15H20BrNO3/c1-11(2)17(10-9-15(19)20)14(18)8-7-12-5-3-4-6-13(12)16/h3-6,11H,7-10H2,1-2H3,(H,19,20). The van der Waals surface area contributed by atoms with Gasteiger partial charge in [-0.3, -0.25) is 9.59 Å². The van der Waals surface area contributed by atoms with Gasteiger partial charge in [0.1, 0.15) is 0 Å². The van der Waals surface area contributed by atoms with Crippen molar-refractivity contribution in [1.29, 1.82) is 0 Å². The molecule has 5 heteroatoms. The fraction of sp³-hybridized carbons (Fsp3) is 0.467. The third kappa shape index (κ3) is 5.33. The van der Waals surface area contributed by atoms with E-state index in [1.54, 1.807) is 4.90 Å². The molecule has 0 aliphatic carbocycles. The van der Waals surface area contributed by atoms with Crippen LogP contribution in [0.1, 0.15) is 32.3 Å². The molecule has 0 aromatic heterocycles. The maximum Gasteiger partial charge on any atom is 0.305 e. The first-order valence-electron chi connectivity index (χ1n) is 6.66. The van der Waals surface area contributed by atoms with Crippen LogP contribution in [0.2, 0.25) is 0 Å². The van der Waals surface area contributed by atoms with Crippen LogP contribution in [-0.4, -0.2) is 34.5 Å². The van der Waals surface area contributed by atoms with Crippen molar-refractivity contribution in [3.63, 3.8) is 0 Å². The van der Waals surface area contributed by atoms with E-state index in [1.807, 2.05) is 38.1 Å². The van der Waals surface area contributed by atoms with Gasteiger partial charge in [-0.1, -0.05) is 34.1 Å². The van der Waals surface area contributed by atoms with Crippen LogP contribution in [-0.2, 0) is 16.0 Å². The zero-order valence-electron chi connectivity index (χ0n) is 11.8. The van der Waals surface area contributed by atoms with Crippen molar-refractivity contribution in [3.8, 4) is 0 Å². The van der Waals surface area contributed by atoms with Crippen LogP contribution in [0.5, 0.6) is 0 Å². The molecule has 0 spiro atoms. The number of carboxylic acid groups (broad SMARTS) is 1. The van der Waals surface area contributed by atoms with Gasteiger partial charge in [-0.15, -0.1) is 0 Å². The number of carbonyl (C=O) groups excluding carboxylic acids is 1. The molecule has 0 aliphatic heterocycles. The number of hydrogen-bond donors (Lipinski definition) is 1. The van der Waals surface area contributed by atoms with E-state index in [2.05, 4.69) is 15.9 Å². The number of rotatable bonds is 7. The van der Waals surface area contributed by atoms with Crippen LogP contribution >= 0.6 is 15.9 Å². The van der Waals surface area contributed by atoms with Crippen molar-refractivity contribution >= 4 is 27.8 Å². The quantitative estimate of drug-likeness (QED) is 0.828. The topological polar surface area (TPSA) is 57.6 Å². The van der Waals surface area contributed by atoms with Crippen molar-refractivity contribution in [3.05, 3.63) is 34.3 Å². The number of aryl methyl sites for hydroxylation is 1. The van der Waals surface area contributed by atoms with Gasteiger partial charge in [0.05, 0.1) is 6.42 Å². The lowest BCUT2D eigenvalue weighted by Crippen LogP contribution is -2.38. The van der Waals surface area contributed by atoms with Gasteiger partial charge in [0.2, 0.25) is 5.91 Å².